The molecule has 0 aromatic rings. The van der Waals surface area contributed by atoms with Crippen LogP contribution >= 0.6 is 0 Å². The molecule has 0 saturated heterocycles. The van der Waals surface area contributed by atoms with E-state index in [1.807, 2.05) is 0 Å². The van der Waals surface area contributed by atoms with Crippen molar-refractivity contribution in [2.24, 2.45) is 0 Å². The summed E-state index contributed by atoms with van der Waals surface area (Å²) in [7, 11) is -17.5. The molecule has 0 heterocycles. The van der Waals surface area contributed by atoms with Crippen molar-refractivity contribution in [2.45, 2.75) is 72.8 Å². The summed E-state index contributed by atoms with van der Waals surface area (Å²) in [6, 6.07) is -1.80. The molecular weight excluding hydrogens is 551 g/mol. The fourth-order valence-electron chi connectivity index (χ4n) is 3.95. The topological polar surface area (TPSA) is 207 Å². The molecule has 0 spiro atoms. The number of hydrogen-bond donors (Lipinski definition) is 2. The molecule has 12 nitrogen and oxygen atoms in total. The first-order valence-electron chi connectivity index (χ1n) is 8.85. The van der Waals surface area contributed by atoms with Gasteiger partial charge in [-0.15, -0.1) is 0 Å². The molecule has 4 atom stereocenters. The molecule has 2 aliphatic rings. The fourth-order valence-corrected chi connectivity index (χ4v) is 8.57. The number of rotatable bonds is 7. The van der Waals surface area contributed by atoms with Crippen molar-refractivity contribution in [1.29, 1.82) is 0 Å². The maximum absolute atomic E-state index is 12.7. The van der Waals surface area contributed by atoms with Gasteiger partial charge < -0.3 is 9.11 Å². The zero-order valence-corrected chi connectivity index (χ0v) is 27.1. The van der Waals surface area contributed by atoms with Crippen molar-refractivity contribution in [3.05, 3.63) is 0 Å². The smallest absolute Gasteiger partial charge is 0.748 e. The minimum absolute atomic E-state index is 0. The van der Waals surface area contributed by atoms with E-state index in [0.717, 1.165) is 6.26 Å². The maximum Gasteiger partial charge on any atom is 1.00 e. The average Bonchev–Trinajstić information content (AvgIpc) is 2.51. The van der Waals surface area contributed by atoms with Gasteiger partial charge >= 0.3 is 103 Å². The minimum Gasteiger partial charge on any atom is -0.748 e. The summed E-state index contributed by atoms with van der Waals surface area (Å²) >= 11 is 0. The second-order valence-electron chi connectivity index (χ2n) is 7.67. The van der Waals surface area contributed by atoms with E-state index in [0.29, 0.717) is 12.8 Å². The van der Waals surface area contributed by atoms with Crippen LogP contribution in [0.3, 0.4) is 0 Å². The predicted octanol–water partition coefficient (Wildman–Crippen LogP) is -7.85. The molecule has 0 radical (unpaired) electrons. The zero-order valence-electron chi connectivity index (χ0n) is 17.6. The van der Waals surface area contributed by atoms with E-state index in [1.165, 1.54) is 0 Å². The van der Waals surface area contributed by atoms with Gasteiger partial charge in [-0.1, -0.05) is 6.42 Å². The third-order valence-corrected chi connectivity index (χ3v) is 10.3. The Morgan fingerprint density at radius 2 is 1.10 bits per heavy atom. The fraction of sp³-hybridized carbons (Fsp3) is 1.00. The van der Waals surface area contributed by atoms with Crippen molar-refractivity contribution >= 4 is 40.3 Å². The SMILES string of the molecule is CS(=O)(=O)NC1CCCC(S(=O)(=O)NC2CC(S(=O)(=O)[O-])CC(S(=O)(=O)[O-])C2)C1.[K+].[K+]. The van der Waals surface area contributed by atoms with Crippen molar-refractivity contribution in [3.63, 3.8) is 0 Å². The van der Waals surface area contributed by atoms with Gasteiger partial charge in [0.1, 0.15) is 0 Å². The van der Waals surface area contributed by atoms with Gasteiger partial charge in [-0.2, -0.15) is 0 Å². The van der Waals surface area contributed by atoms with Crippen LogP contribution < -0.4 is 112 Å². The van der Waals surface area contributed by atoms with E-state index < -0.39 is 87.4 Å². The molecule has 0 aliphatic heterocycles. The van der Waals surface area contributed by atoms with Gasteiger partial charge in [-0.3, -0.25) is 0 Å². The number of hydrogen-bond acceptors (Lipinski definition) is 10. The van der Waals surface area contributed by atoms with Crippen LogP contribution in [0.2, 0.25) is 0 Å². The zero-order chi connectivity index (χ0) is 22.3. The van der Waals surface area contributed by atoms with Crippen molar-refractivity contribution < 1.29 is 146 Å². The van der Waals surface area contributed by atoms with Crippen LogP contribution in [0, 0.1) is 0 Å². The van der Waals surface area contributed by atoms with E-state index in [9.17, 15) is 42.8 Å². The standard InChI is InChI=1S/C13H26N2O10S4.2K/c1-26(16,17)14-9-3-2-4-11(5-9)27(18,19)15-10-6-12(28(20,21)22)8-13(7-10)29(23,24)25;;/h9-15H,2-8H2,1H3,(H,20,21,22)(H,23,24,25);;/q;2*+1/p-2. The van der Waals surface area contributed by atoms with E-state index in [2.05, 4.69) is 9.44 Å². The molecule has 2 aliphatic carbocycles. The Bertz CT molecular complexity index is 990. The Morgan fingerprint density at radius 3 is 1.52 bits per heavy atom. The summed E-state index contributed by atoms with van der Waals surface area (Å²) in [5.41, 5.74) is 0. The Morgan fingerprint density at radius 1 is 0.645 bits per heavy atom. The number of nitrogens with one attached hydrogen (secondary N) is 2. The van der Waals surface area contributed by atoms with Gasteiger partial charge in [0.2, 0.25) is 20.0 Å². The third-order valence-electron chi connectivity index (χ3n) is 5.21. The molecule has 4 unspecified atom stereocenters. The Kier molecular flexibility index (Phi) is 14.1. The van der Waals surface area contributed by atoms with E-state index >= 15 is 0 Å². The van der Waals surface area contributed by atoms with Crippen LogP contribution in [-0.2, 0) is 40.3 Å². The van der Waals surface area contributed by atoms with E-state index in [4.69, 9.17) is 0 Å². The normalized spacial score (nSPS) is 30.6. The second kappa shape index (κ2) is 12.9. The average molecular weight is 575 g/mol. The second-order valence-corrected chi connectivity index (χ2v) is 14.7. The van der Waals surface area contributed by atoms with Crippen LogP contribution in [0.15, 0.2) is 0 Å². The van der Waals surface area contributed by atoms with Crippen LogP contribution in [0.4, 0.5) is 0 Å². The summed E-state index contributed by atoms with van der Waals surface area (Å²) in [6.45, 7) is 0. The maximum atomic E-state index is 12.7. The Labute approximate surface area is 269 Å². The van der Waals surface area contributed by atoms with Gasteiger partial charge in [-0.05, 0) is 38.5 Å². The molecule has 31 heavy (non-hydrogen) atoms. The van der Waals surface area contributed by atoms with E-state index in [-0.39, 0.29) is 116 Å². The van der Waals surface area contributed by atoms with Crippen LogP contribution in [-0.4, -0.2) is 76.9 Å². The van der Waals surface area contributed by atoms with Crippen molar-refractivity contribution in [1.82, 2.24) is 9.44 Å². The molecule has 0 amide bonds. The summed E-state index contributed by atoms with van der Waals surface area (Å²) in [4.78, 5) is 0. The molecule has 18 heteroatoms. The van der Waals surface area contributed by atoms with Gasteiger partial charge in [0, 0.05) is 12.1 Å². The molecule has 0 bridgehead atoms. The van der Waals surface area contributed by atoms with E-state index in [1.54, 1.807) is 0 Å². The van der Waals surface area contributed by atoms with Crippen LogP contribution in [0.1, 0.15) is 44.9 Å². The molecule has 2 rings (SSSR count). The van der Waals surface area contributed by atoms with Crippen LogP contribution in [0.25, 0.3) is 0 Å². The monoisotopic (exact) mass is 574 g/mol. The van der Waals surface area contributed by atoms with Crippen molar-refractivity contribution in [2.75, 3.05) is 6.26 Å². The van der Waals surface area contributed by atoms with Gasteiger partial charge in [-0.25, -0.2) is 43.1 Å². The molecular formula is C13H24K2N2O10S4. The summed E-state index contributed by atoms with van der Waals surface area (Å²) in [5.74, 6) is 0. The van der Waals surface area contributed by atoms with Gasteiger partial charge in [0.15, 0.2) is 0 Å². The summed E-state index contributed by atoms with van der Waals surface area (Å²) in [5, 5.41) is -4.37. The molecule has 2 N–H and O–H groups in total. The number of sulfonamides is 2. The first-order valence-corrected chi connectivity index (χ1v) is 15.2. The Hall–Kier alpha value is 2.91. The Balaban J connectivity index is 0.00000450. The van der Waals surface area contributed by atoms with Crippen LogP contribution in [0.5, 0.6) is 0 Å². The minimum atomic E-state index is -4.93. The molecule has 0 aromatic carbocycles. The molecule has 2 fully saturated rings. The summed E-state index contributed by atoms with van der Waals surface area (Å²) < 4.78 is 121. The predicted molar refractivity (Wildman–Crippen MR) is 101 cm³/mol. The van der Waals surface area contributed by atoms with Crippen molar-refractivity contribution in [3.8, 4) is 0 Å². The third kappa shape index (κ3) is 11.2. The first-order chi connectivity index (χ1) is 13.0. The molecule has 2 saturated carbocycles. The largest absolute Gasteiger partial charge is 1.00 e. The molecule has 172 valence electrons. The van der Waals surface area contributed by atoms with Gasteiger partial charge in [0.25, 0.3) is 0 Å². The quantitative estimate of drug-likeness (QED) is 0.217. The summed E-state index contributed by atoms with van der Waals surface area (Å²) in [6.07, 6.45) is 0.522. The van der Waals surface area contributed by atoms with Gasteiger partial charge in [0.05, 0.1) is 42.2 Å². The first kappa shape index (κ1) is 33.9. The molecule has 0 aromatic heterocycles.